The number of ketones is 1. The molecule has 492 valence electrons. The summed E-state index contributed by atoms with van der Waals surface area (Å²) in [6.45, 7) is 8.64. The van der Waals surface area contributed by atoms with Crippen LogP contribution in [0.3, 0.4) is 0 Å². The molecule has 16 heteroatoms. The predicted octanol–water partition coefficient (Wildman–Crippen LogP) is 21.7. The molecule has 0 bridgehead atoms. The molecular formula is C88H52N8O2S6. The summed E-state index contributed by atoms with van der Waals surface area (Å²) in [5.41, 5.74) is 21.5. The second-order valence-electron chi connectivity index (χ2n) is 26.9. The van der Waals surface area contributed by atoms with Gasteiger partial charge in [-0.25, -0.2) is 19.9 Å². The Kier molecular flexibility index (Phi) is 14.7. The topological polar surface area (TPSA) is 184 Å². The minimum absolute atomic E-state index is 0.0305. The molecule has 1 unspecified atom stereocenters. The summed E-state index contributed by atoms with van der Waals surface area (Å²) < 4.78 is 2.38. The Bertz CT molecular complexity index is 6430. The number of Topliss-reactive ketones (excluding diaryl/α,β-unsaturated/α-hetero) is 1. The third-order valence-electron chi connectivity index (χ3n) is 21.1. The van der Waals surface area contributed by atoms with Gasteiger partial charge in [0.25, 0.3) is 0 Å². The van der Waals surface area contributed by atoms with Crippen LogP contribution in [0.15, 0.2) is 229 Å². The molecule has 1 N–H and O–H groups in total. The molecule has 4 aliphatic carbocycles. The number of carbonyl (C=O) groups excluding carboxylic acids is 1. The van der Waals surface area contributed by atoms with E-state index < -0.39 is 16.9 Å². The minimum Gasteiger partial charge on any atom is -0.384 e. The van der Waals surface area contributed by atoms with Gasteiger partial charge in [0.05, 0.1) is 20.6 Å². The SMILES string of the molecule is Cc1ccc(C2(c3ccc(C)cc3)c3cc4c(cc3-c3ccc5cc(-c6nc7sc(C/C=C8\C(=O)c9ccccc9C8=C(C#N)C#N)nc7s6)sc5c32)C(c2ccc(C)cc2)(c2ccc(C)cc2)c2c-4ccc3cc(-c4nc5sc(C/C=C6/C(=C(C#N)C#N)c7ccccc7C6O)nc5s4)sc23)cc1. The lowest BCUT2D eigenvalue weighted by molar-refractivity contribution is 0.104. The summed E-state index contributed by atoms with van der Waals surface area (Å²) in [6, 6.07) is 78.6. The Balaban J connectivity index is 0.764. The molecule has 0 saturated heterocycles. The lowest BCUT2D eigenvalue weighted by Crippen LogP contribution is -2.30. The Morgan fingerprint density at radius 3 is 1.28 bits per heavy atom. The Morgan fingerprint density at radius 2 is 0.837 bits per heavy atom. The van der Waals surface area contributed by atoms with E-state index in [4.69, 9.17) is 19.9 Å². The number of hydrogen-bond donors (Lipinski definition) is 1. The fourth-order valence-corrected chi connectivity index (χ4v) is 23.0. The first kappa shape index (κ1) is 63.4. The Hall–Kier alpha value is -11.5. The minimum atomic E-state index is -0.967. The molecule has 0 fully saturated rings. The molecular weight excluding hydrogens is 1390 g/mol. The van der Waals surface area contributed by atoms with E-state index in [9.17, 15) is 30.9 Å². The fraction of sp³-hybridized carbons (Fsp3) is 0.102. The van der Waals surface area contributed by atoms with Gasteiger partial charge >= 0.3 is 0 Å². The van der Waals surface area contributed by atoms with Crippen molar-refractivity contribution in [1.82, 2.24) is 19.9 Å². The van der Waals surface area contributed by atoms with Crippen molar-refractivity contribution in [3.05, 3.63) is 328 Å². The molecule has 6 heterocycles. The average molecular weight is 1450 g/mol. The summed E-state index contributed by atoms with van der Waals surface area (Å²) in [4.78, 5) is 40.0. The molecule has 104 heavy (non-hydrogen) atoms. The van der Waals surface area contributed by atoms with Crippen molar-refractivity contribution in [1.29, 1.82) is 21.0 Å². The molecule has 4 aliphatic rings. The molecule has 0 amide bonds. The van der Waals surface area contributed by atoms with E-state index in [0.717, 1.165) is 59.9 Å². The quantitative estimate of drug-likeness (QED) is 0.102. The molecule has 0 radical (unpaired) electrons. The highest BCUT2D eigenvalue weighted by Crippen LogP contribution is 2.66. The first-order valence-electron chi connectivity index (χ1n) is 33.8. The van der Waals surface area contributed by atoms with Gasteiger partial charge in [-0.15, -0.1) is 22.7 Å². The van der Waals surface area contributed by atoms with Crippen molar-refractivity contribution in [2.75, 3.05) is 0 Å². The zero-order valence-electron chi connectivity index (χ0n) is 56.0. The first-order valence-corrected chi connectivity index (χ1v) is 38.7. The second kappa shape index (κ2) is 24.1. The molecule has 1 atom stereocenters. The van der Waals surface area contributed by atoms with Crippen LogP contribution in [0.4, 0.5) is 0 Å². The van der Waals surface area contributed by atoms with Crippen molar-refractivity contribution in [3.63, 3.8) is 0 Å². The van der Waals surface area contributed by atoms with Gasteiger partial charge in [-0.1, -0.05) is 250 Å². The summed E-state index contributed by atoms with van der Waals surface area (Å²) in [7, 11) is 0. The number of aliphatic hydroxyl groups is 1. The van der Waals surface area contributed by atoms with Crippen molar-refractivity contribution in [3.8, 4) is 66.3 Å². The smallest absolute Gasteiger partial charge is 0.194 e. The maximum Gasteiger partial charge on any atom is 0.194 e. The summed E-state index contributed by atoms with van der Waals surface area (Å²) in [6.07, 6.45) is 3.48. The lowest BCUT2D eigenvalue weighted by atomic mass is 9.65. The normalized spacial score (nSPS) is 15.7. The molecule has 0 spiro atoms. The Morgan fingerprint density at radius 1 is 0.433 bits per heavy atom. The van der Waals surface area contributed by atoms with Gasteiger partial charge in [0.2, 0.25) is 0 Å². The number of nitriles is 4. The highest BCUT2D eigenvalue weighted by molar-refractivity contribution is 7.32. The van der Waals surface area contributed by atoms with Crippen molar-refractivity contribution >= 4 is 124 Å². The van der Waals surface area contributed by atoms with Gasteiger partial charge in [-0.3, -0.25) is 4.79 Å². The Labute approximate surface area is 621 Å². The van der Waals surface area contributed by atoms with Gasteiger partial charge < -0.3 is 5.11 Å². The largest absolute Gasteiger partial charge is 0.384 e. The highest BCUT2D eigenvalue weighted by atomic mass is 32.1. The average Bonchev–Trinajstić information content (AvgIpc) is 1.49. The second-order valence-corrected chi connectivity index (χ2v) is 33.1. The fourth-order valence-electron chi connectivity index (χ4n) is 16.4. The molecule has 9 aromatic carbocycles. The third-order valence-corrected chi connectivity index (χ3v) is 27.8. The number of thiophene rings is 2. The summed E-state index contributed by atoms with van der Waals surface area (Å²) in [5.74, 6) is -0.206. The zero-order chi connectivity index (χ0) is 70.6. The molecule has 6 aromatic heterocycles. The number of aliphatic hydroxyl groups excluding tert-OH is 1. The van der Waals surface area contributed by atoms with Crippen LogP contribution >= 0.6 is 68.0 Å². The number of allylic oxidation sites excluding steroid dienone is 6. The number of thiazole rings is 4. The zero-order valence-corrected chi connectivity index (χ0v) is 60.9. The van der Waals surface area contributed by atoms with E-state index in [1.54, 1.807) is 69.6 Å². The third kappa shape index (κ3) is 9.34. The lowest BCUT2D eigenvalue weighted by Gasteiger charge is -2.36. The molecule has 0 saturated carbocycles. The van der Waals surface area contributed by atoms with Crippen LogP contribution < -0.4 is 0 Å². The summed E-state index contributed by atoms with van der Waals surface area (Å²) >= 11 is 9.74. The molecule has 19 rings (SSSR count). The van der Waals surface area contributed by atoms with Crippen LogP contribution in [0.5, 0.6) is 0 Å². The monoisotopic (exact) mass is 1440 g/mol. The van der Waals surface area contributed by atoms with Crippen LogP contribution in [0.25, 0.3) is 92.7 Å². The van der Waals surface area contributed by atoms with Gasteiger partial charge in [-0.2, -0.15) is 21.0 Å². The van der Waals surface area contributed by atoms with E-state index >= 15 is 0 Å². The number of fused-ring (bicyclic) bond motifs is 14. The van der Waals surface area contributed by atoms with Crippen LogP contribution in [0.1, 0.15) is 110 Å². The van der Waals surface area contributed by atoms with Gasteiger partial charge in [0.1, 0.15) is 61.6 Å². The number of aromatic nitrogens is 4. The van der Waals surface area contributed by atoms with Crippen LogP contribution in [0.2, 0.25) is 0 Å². The number of rotatable bonds is 10. The first-order chi connectivity index (χ1) is 50.8. The van der Waals surface area contributed by atoms with Gasteiger partial charge in [-0.05, 0) is 152 Å². The highest BCUT2D eigenvalue weighted by Gasteiger charge is 2.53. The van der Waals surface area contributed by atoms with E-state index in [1.807, 2.05) is 48.5 Å². The standard InChI is InChI=1S/C88H52N8O2S6/c1-45-13-23-53(24-14-45)87(54-25-15-46(2)16-26-54)67-39-66-60-32-22-50-38-70(82-96-86-84(104-82)94-72(102-86)36-34-64-74(52(43-91)44-92)58-10-6-8-12-62(58)78(64)98)100-80(50)76(60)88(55-27-17-47(3)18-28-55,56-29-19-48(4)20-30-56)68(66)40-65(67)59-31-21-49-37-69(99-79(49)75(59)87)81-95-85-83(103-81)93-71(101-85)35-33-63-73(51(41-89)42-90)57-9-5-7-11-61(57)77(63)97/h5-34,37-40,77,97H,35-36H2,1-4H3/b63-33-,64-34-. The van der Waals surface area contributed by atoms with E-state index in [-0.39, 0.29) is 16.9 Å². The van der Waals surface area contributed by atoms with E-state index in [1.165, 1.54) is 121 Å². The van der Waals surface area contributed by atoms with Crippen molar-refractivity contribution < 1.29 is 9.90 Å². The molecule has 0 aliphatic heterocycles. The number of hydrogen-bond acceptors (Lipinski definition) is 16. The maximum atomic E-state index is 13.8. The van der Waals surface area contributed by atoms with Crippen molar-refractivity contribution in [2.45, 2.75) is 57.5 Å². The number of benzene rings is 9. The van der Waals surface area contributed by atoms with Gasteiger partial charge in [0.15, 0.2) is 25.1 Å². The summed E-state index contributed by atoms with van der Waals surface area (Å²) in [5, 5.41) is 57.0. The van der Waals surface area contributed by atoms with E-state index in [0.29, 0.717) is 57.4 Å². The van der Waals surface area contributed by atoms with Crippen LogP contribution in [0, 0.1) is 73.0 Å². The van der Waals surface area contributed by atoms with Crippen LogP contribution in [-0.4, -0.2) is 30.8 Å². The van der Waals surface area contributed by atoms with Crippen LogP contribution in [-0.2, 0) is 23.7 Å². The number of aryl methyl sites for hydroxylation is 4. The van der Waals surface area contributed by atoms with E-state index in [2.05, 4.69) is 185 Å². The van der Waals surface area contributed by atoms with Gasteiger partial charge in [0, 0.05) is 44.5 Å². The molecule has 15 aromatic rings. The number of nitrogens with zero attached hydrogens (tertiary/aromatic N) is 8. The number of carbonyl (C=O) groups is 1. The van der Waals surface area contributed by atoms with Crippen molar-refractivity contribution in [2.24, 2.45) is 0 Å². The molecule has 10 nitrogen and oxygen atoms in total. The maximum absolute atomic E-state index is 13.8. The predicted molar refractivity (Wildman–Crippen MR) is 421 cm³/mol.